The normalized spacial score (nSPS) is 13.2. The lowest BCUT2D eigenvalue weighted by Gasteiger charge is -2.25. The third-order valence-corrected chi connectivity index (χ3v) is 4.43. The molecule has 0 fully saturated rings. The number of rotatable bonds is 9. The van der Waals surface area contributed by atoms with Gasteiger partial charge in [0.2, 0.25) is 0 Å². The summed E-state index contributed by atoms with van der Waals surface area (Å²) in [6.07, 6.45) is 2.56. The molecule has 2 nitrogen and oxygen atoms in total. The fourth-order valence-electron chi connectivity index (χ4n) is 2.56. The van der Waals surface area contributed by atoms with E-state index in [0.29, 0.717) is 5.92 Å². The summed E-state index contributed by atoms with van der Waals surface area (Å²) in [6, 6.07) is 8.99. The van der Waals surface area contributed by atoms with Crippen molar-refractivity contribution in [3.8, 4) is 0 Å². The van der Waals surface area contributed by atoms with Crippen molar-refractivity contribution in [3.05, 3.63) is 35.4 Å². The highest BCUT2D eigenvalue weighted by Gasteiger charge is 2.10. The summed E-state index contributed by atoms with van der Waals surface area (Å²) in [5.74, 6) is 1.28. The monoisotopic (exact) mass is 276 g/mol. The molecule has 0 spiro atoms. The number of benzene rings is 1. The van der Waals surface area contributed by atoms with Crippen molar-refractivity contribution in [3.63, 3.8) is 0 Å². The van der Waals surface area contributed by atoms with E-state index in [4.69, 9.17) is 5.73 Å². The van der Waals surface area contributed by atoms with Crippen LogP contribution in [0.1, 0.15) is 57.6 Å². The van der Waals surface area contributed by atoms with Crippen LogP contribution < -0.4 is 5.73 Å². The first kappa shape index (κ1) is 17.2. The molecule has 0 heterocycles. The molecule has 0 aromatic heterocycles. The molecule has 0 saturated carbocycles. The number of nitrogens with two attached hydrogens (primary N) is 1. The average molecular weight is 276 g/mol. The molecular weight excluding hydrogens is 244 g/mol. The van der Waals surface area contributed by atoms with E-state index in [9.17, 15) is 0 Å². The molecule has 114 valence electrons. The van der Waals surface area contributed by atoms with Crippen molar-refractivity contribution >= 4 is 0 Å². The zero-order valence-corrected chi connectivity index (χ0v) is 13.7. The summed E-state index contributed by atoms with van der Waals surface area (Å²) >= 11 is 0. The second-order valence-corrected chi connectivity index (χ2v) is 5.89. The number of hydrogen-bond donors (Lipinski definition) is 1. The van der Waals surface area contributed by atoms with Crippen LogP contribution in [0, 0.1) is 5.92 Å². The van der Waals surface area contributed by atoms with Crippen molar-refractivity contribution in [2.24, 2.45) is 11.7 Å². The van der Waals surface area contributed by atoms with Crippen LogP contribution in [0.4, 0.5) is 0 Å². The first-order valence-corrected chi connectivity index (χ1v) is 8.15. The van der Waals surface area contributed by atoms with E-state index in [2.05, 4.69) is 56.9 Å². The van der Waals surface area contributed by atoms with E-state index in [-0.39, 0.29) is 0 Å². The van der Waals surface area contributed by atoms with Gasteiger partial charge in [-0.25, -0.2) is 0 Å². The Morgan fingerprint density at radius 2 is 1.65 bits per heavy atom. The highest BCUT2D eigenvalue weighted by atomic mass is 15.1. The van der Waals surface area contributed by atoms with Crippen LogP contribution >= 0.6 is 0 Å². The van der Waals surface area contributed by atoms with Gasteiger partial charge in [-0.05, 0) is 36.1 Å². The first-order chi connectivity index (χ1) is 9.64. The molecule has 1 atom stereocenters. The predicted octanol–water partition coefficient (Wildman–Crippen LogP) is 4.01. The van der Waals surface area contributed by atoms with Gasteiger partial charge in [-0.2, -0.15) is 0 Å². The maximum absolute atomic E-state index is 5.72. The molecule has 1 aromatic carbocycles. The van der Waals surface area contributed by atoms with Gasteiger partial charge in [0.15, 0.2) is 0 Å². The fourth-order valence-corrected chi connectivity index (χ4v) is 2.56. The van der Waals surface area contributed by atoms with Crippen LogP contribution in [0.5, 0.6) is 0 Å². The average Bonchev–Trinajstić information content (AvgIpc) is 2.51. The summed E-state index contributed by atoms with van der Waals surface area (Å²) in [5, 5.41) is 0. The Labute approximate surface area is 125 Å². The molecule has 0 amide bonds. The summed E-state index contributed by atoms with van der Waals surface area (Å²) in [4.78, 5) is 2.55. The molecule has 1 aromatic rings. The SMILES string of the molecule is CCC(CC)CN(CC)Cc1ccc(C(C)CN)cc1. The Morgan fingerprint density at radius 1 is 1.05 bits per heavy atom. The maximum Gasteiger partial charge on any atom is 0.0233 e. The van der Waals surface area contributed by atoms with Crippen LogP contribution in [-0.4, -0.2) is 24.5 Å². The molecule has 0 aliphatic rings. The molecule has 0 saturated heterocycles. The number of nitrogens with zero attached hydrogens (tertiary/aromatic N) is 1. The smallest absolute Gasteiger partial charge is 0.0233 e. The summed E-state index contributed by atoms with van der Waals surface area (Å²) in [6.45, 7) is 13.1. The van der Waals surface area contributed by atoms with E-state index in [1.807, 2.05) is 0 Å². The molecule has 0 bridgehead atoms. The third-order valence-electron chi connectivity index (χ3n) is 4.43. The van der Waals surface area contributed by atoms with Crippen LogP contribution in [0.25, 0.3) is 0 Å². The number of hydrogen-bond acceptors (Lipinski definition) is 2. The minimum absolute atomic E-state index is 0.455. The molecule has 20 heavy (non-hydrogen) atoms. The Bertz CT molecular complexity index is 354. The van der Waals surface area contributed by atoms with E-state index < -0.39 is 0 Å². The summed E-state index contributed by atoms with van der Waals surface area (Å²) < 4.78 is 0. The van der Waals surface area contributed by atoms with Gasteiger partial charge in [0.05, 0.1) is 0 Å². The maximum atomic E-state index is 5.72. The zero-order chi connectivity index (χ0) is 15.0. The van der Waals surface area contributed by atoms with Crippen LogP contribution in [0.3, 0.4) is 0 Å². The highest BCUT2D eigenvalue weighted by molar-refractivity contribution is 5.25. The lowest BCUT2D eigenvalue weighted by molar-refractivity contribution is 0.226. The van der Waals surface area contributed by atoms with Gasteiger partial charge in [-0.1, -0.05) is 64.8 Å². The Morgan fingerprint density at radius 3 is 2.10 bits per heavy atom. The fraction of sp³-hybridized carbons (Fsp3) is 0.667. The molecule has 2 N–H and O–H groups in total. The quantitative estimate of drug-likeness (QED) is 0.738. The van der Waals surface area contributed by atoms with Crippen LogP contribution in [0.2, 0.25) is 0 Å². The molecule has 2 heteroatoms. The van der Waals surface area contributed by atoms with Crippen molar-refractivity contribution in [1.29, 1.82) is 0 Å². The molecular formula is C18H32N2. The lowest BCUT2D eigenvalue weighted by Crippen LogP contribution is -2.28. The molecule has 0 aliphatic heterocycles. The van der Waals surface area contributed by atoms with Gasteiger partial charge in [-0.3, -0.25) is 4.90 Å². The van der Waals surface area contributed by atoms with E-state index in [0.717, 1.165) is 25.6 Å². The highest BCUT2D eigenvalue weighted by Crippen LogP contribution is 2.17. The molecule has 0 radical (unpaired) electrons. The van der Waals surface area contributed by atoms with Gasteiger partial charge >= 0.3 is 0 Å². The largest absolute Gasteiger partial charge is 0.330 e. The first-order valence-electron chi connectivity index (χ1n) is 8.15. The Kier molecular flexibility index (Phi) is 7.86. The Balaban J connectivity index is 2.61. The summed E-state index contributed by atoms with van der Waals surface area (Å²) in [5.41, 5.74) is 8.48. The van der Waals surface area contributed by atoms with E-state index >= 15 is 0 Å². The molecule has 1 rings (SSSR count). The van der Waals surface area contributed by atoms with Crippen molar-refractivity contribution < 1.29 is 0 Å². The predicted molar refractivity (Wildman–Crippen MR) is 88.9 cm³/mol. The third kappa shape index (κ3) is 5.26. The minimum atomic E-state index is 0.455. The zero-order valence-electron chi connectivity index (χ0n) is 13.7. The molecule has 0 aliphatic carbocycles. The molecule has 1 unspecified atom stereocenters. The van der Waals surface area contributed by atoms with Gasteiger partial charge in [0.1, 0.15) is 0 Å². The van der Waals surface area contributed by atoms with Crippen molar-refractivity contribution in [2.75, 3.05) is 19.6 Å². The van der Waals surface area contributed by atoms with Crippen LogP contribution in [-0.2, 0) is 6.54 Å². The lowest BCUT2D eigenvalue weighted by atomic mass is 9.99. The van der Waals surface area contributed by atoms with Gasteiger partial charge in [0.25, 0.3) is 0 Å². The van der Waals surface area contributed by atoms with Crippen molar-refractivity contribution in [2.45, 2.75) is 53.0 Å². The summed E-state index contributed by atoms with van der Waals surface area (Å²) in [7, 11) is 0. The topological polar surface area (TPSA) is 29.3 Å². The van der Waals surface area contributed by atoms with Crippen molar-refractivity contribution in [1.82, 2.24) is 4.90 Å². The minimum Gasteiger partial charge on any atom is -0.330 e. The van der Waals surface area contributed by atoms with Gasteiger partial charge in [0, 0.05) is 13.1 Å². The van der Waals surface area contributed by atoms with Crippen LogP contribution in [0.15, 0.2) is 24.3 Å². The van der Waals surface area contributed by atoms with E-state index in [1.54, 1.807) is 0 Å². The van der Waals surface area contributed by atoms with Gasteiger partial charge < -0.3 is 5.73 Å². The standard InChI is InChI=1S/C18H32N2/c1-5-16(6-2)13-20(7-3)14-17-8-10-18(11-9-17)15(4)12-19/h8-11,15-16H,5-7,12-14,19H2,1-4H3. The van der Waals surface area contributed by atoms with Gasteiger partial charge in [-0.15, -0.1) is 0 Å². The second-order valence-electron chi connectivity index (χ2n) is 5.89. The second kappa shape index (κ2) is 9.15. The van der Waals surface area contributed by atoms with E-state index in [1.165, 1.54) is 30.5 Å². The Hall–Kier alpha value is -0.860.